The Hall–Kier alpha value is -4.87. The van der Waals surface area contributed by atoms with E-state index in [4.69, 9.17) is 18.9 Å². The molecule has 12 nitrogen and oxygen atoms in total. The van der Waals surface area contributed by atoms with E-state index in [1.165, 1.54) is 6.20 Å². The Balaban J connectivity index is 1.60. The number of methoxy groups -OCH3 is 2. The molecule has 0 radical (unpaired) electrons. The number of hydrogen-bond acceptors (Lipinski definition) is 8. The first-order valence-electron chi connectivity index (χ1n) is 13.1. The second kappa shape index (κ2) is 12.3. The predicted molar refractivity (Wildman–Crippen MR) is 152 cm³/mol. The van der Waals surface area contributed by atoms with Crippen molar-refractivity contribution in [3.63, 3.8) is 0 Å². The van der Waals surface area contributed by atoms with Crippen LogP contribution < -0.4 is 20.7 Å². The molecule has 1 aliphatic heterocycles. The van der Waals surface area contributed by atoms with Gasteiger partial charge < -0.3 is 24.1 Å². The molecule has 42 heavy (non-hydrogen) atoms. The quantitative estimate of drug-likeness (QED) is 0.127. The van der Waals surface area contributed by atoms with Crippen molar-refractivity contribution in [3.8, 4) is 11.5 Å². The fourth-order valence-corrected chi connectivity index (χ4v) is 5.21. The van der Waals surface area contributed by atoms with Crippen LogP contribution >= 0.6 is 0 Å². The van der Waals surface area contributed by atoms with E-state index < -0.39 is 41.3 Å². The van der Waals surface area contributed by atoms with Crippen LogP contribution in [0.15, 0.2) is 106 Å². The number of hydrogen-bond donors (Lipinski definition) is 2. The Morgan fingerprint density at radius 3 is 2.02 bits per heavy atom. The molecule has 1 fully saturated rings. The van der Waals surface area contributed by atoms with E-state index in [1.807, 2.05) is 78.9 Å². The third kappa shape index (κ3) is 5.39. The lowest BCUT2D eigenvalue weighted by Crippen LogP contribution is -2.39. The Labute approximate surface area is 240 Å². The van der Waals surface area contributed by atoms with Crippen molar-refractivity contribution < 1.29 is 24.1 Å². The van der Waals surface area contributed by atoms with Gasteiger partial charge in [-0.05, 0) is 46.5 Å². The minimum atomic E-state index is -1.40. The van der Waals surface area contributed by atoms with E-state index in [-0.39, 0.29) is 6.61 Å². The Bertz CT molecular complexity index is 1620. The average molecular weight is 572 g/mol. The third-order valence-electron chi connectivity index (χ3n) is 7.29. The summed E-state index contributed by atoms with van der Waals surface area (Å²) in [6, 6.07) is 24.5. The summed E-state index contributed by atoms with van der Waals surface area (Å²) >= 11 is 0. The zero-order chi connectivity index (χ0) is 29.7. The van der Waals surface area contributed by atoms with Gasteiger partial charge in [-0.15, -0.1) is 0 Å². The van der Waals surface area contributed by atoms with Crippen LogP contribution in [0.25, 0.3) is 10.4 Å². The summed E-state index contributed by atoms with van der Waals surface area (Å²) in [5.74, 6) is 1.32. The summed E-state index contributed by atoms with van der Waals surface area (Å²) < 4.78 is 24.7. The van der Waals surface area contributed by atoms with Gasteiger partial charge >= 0.3 is 5.69 Å². The van der Waals surface area contributed by atoms with E-state index in [0.717, 1.165) is 27.3 Å². The fraction of sp³-hybridized carbons (Fsp3) is 0.267. The van der Waals surface area contributed by atoms with Crippen molar-refractivity contribution in [3.05, 3.63) is 139 Å². The highest BCUT2D eigenvalue weighted by Crippen LogP contribution is 2.43. The number of nitrogens with one attached hydrogen (secondary N) is 1. The molecule has 3 aromatic carbocycles. The van der Waals surface area contributed by atoms with Gasteiger partial charge in [-0.2, -0.15) is 0 Å². The summed E-state index contributed by atoms with van der Waals surface area (Å²) in [5, 5.41) is 14.8. The van der Waals surface area contributed by atoms with E-state index in [0.29, 0.717) is 11.5 Å². The van der Waals surface area contributed by atoms with E-state index in [1.54, 1.807) is 14.2 Å². The molecule has 1 saturated heterocycles. The maximum atomic E-state index is 12.5. The van der Waals surface area contributed by atoms with Gasteiger partial charge in [0.2, 0.25) is 0 Å². The van der Waals surface area contributed by atoms with Gasteiger partial charge in [0.25, 0.3) is 5.56 Å². The number of H-pyrrole nitrogens is 1. The predicted octanol–water partition coefficient (Wildman–Crippen LogP) is 3.50. The lowest BCUT2D eigenvalue weighted by molar-refractivity contribution is -0.0883. The molecule has 5 rings (SSSR count). The topological polar surface area (TPSA) is 161 Å². The summed E-state index contributed by atoms with van der Waals surface area (Å²) in [4.78, 5) is 29.1. The molecule has 4 aromatic rings. The zero-order valence-corrected chi connectivity index (χ0v) is 22.9. The Morgan fingerprint density at radius 1 is 0.929 bits per heavy atom. The zero-order valence-electron chi connectivity index (χ0n) is 22.9. The number of ether oxygens (including phenoxy) is 4. The molecule has 0 unspecified atom stereocenters. The van der Waals surface area contributed by atoms with Gasteiger partial charge in [0.05, 0.1) is 33.0 Å². The molecular weight excluding hydrogens is 542 g/mol. The van der Waals surface area contributed by atoms with E-state index in [2.05, 4.69) is 15.0 Å². The number of aliphatic hydroxyl groups excluding tert-OH is 1. The first kappa shape index (κ1) is 28.7. The van der Waals surface area contributed by atoms with Crippen molar-refractivity contribution in [2.45, 2.75) is 30.1 Å². The highest BCUT2D eigenvalue weighted by Gasteiger charge is 2.47. The highest BCUT2D eigenvalue weighted by molar-refractivity contribution is 5.49. The standard InChI is InChI=1S/C30H29N5O7/c1-39-22-12-8-20(9-13-22)30(19-6-4-3-5-7-19,21-10-14-23(40-2)15-11-21)41-18-24-26(33-34-31)27(37)28(42-24)35-17-16-25(36)32-29(35)38/h3-17,24,26-28,37H,18H2,1-2H3,(H,32,36,38)/t24-,26-,27-,28-/m1/s1. The van der Waals surface area contributed by atoms with Gasteiger partial charge in [-0.25, -0.2) is 4.79 Å². The molecule has 2 heterocycles. The van der Waals surface area contributed by atoms with Crippen molar-refractivity contribution in [1.29, 1.82) is 0 Å². The normalized spacial score (nSPS) is 20.1. The van der Waals surface area contributed by atoms with Gasteiger partial charge in [0.15, 0.2) is 6.23 Å². The largest absolute Gasteiger partial charge is 0.497 e. The summed E-state index contributed by atoms with van der Waals surface area (Å²) in [6.07, 6.45) is -2.37. The van der Waals surface area contributed by atoms with E-state index >= 15 is 0 Å². The van der Waals surface area contributed by atoms with Crippen molar-refractivity contribution in [2.24, 2.45) is 5.11 Å². The Morgan fingerprint density at radius 2 is 1.50 bits per heavy atom. The lowest BCUT2D eigenvalue weighted by Gasteiger charge is -2.37. The van der Waals surface area contributed by atoms with Crippen LogP contribution in [-0.2, 0) is 15.1 Å². The minimum Gasteiger partial charge on any atom is -0.497 e. The minimum absolute atomic E-state index is 0.150. The van der Waals surface area contributed by atoms with Crippen molar-refractivity contribution >= 4 is 0 Å². The molecule has 1 aromatic heterocycles. The van der Waals surface area contributed by atoms with E-state index in [9.17, 15) is 20.2 Å². The summed E-state index contributed by atoms with van der Waals surface area (Å²) in [5.41, 5.74) is 9.06. The summed E-state index contributed by atoms with van der Waals surface area (Å²) in [7, 11) is 3.17. The molecule has 0 amide bonds. The van der Waals surface area contributed by atoms with Gasteiger partial charge in [0.1, 0.15) is 23.2 Å². The summed E-state index contributed by atoms with van der Waals surface area (Å²) in [6.45, 7) is -0.150. The fourth-order valence-electron chi connectivity index (χ4n) is 5.21. The van der Waals surface area contributed by atoms with Crippen LogP contribution in [-0.4, -0.2) is 53.7 Å². The van der Waals surface area contributed by atoms with Crippen LogP contribution in [0.3, 0.4) is 0 Å². The van der Waals surface area contributed by atoms with Crippen LogP contribution in [0.4, 0.5) is 0 Å². The third-order valence-corrected chi connectivity index (χ3v) is 7.29. The second-order valence-electron chi connectivity index (χ2n) is 9.58. The molecule has 0 spiro atoms. The number of aliphatic hydroxyl groups is 1. The van der Waals surface area contributed by atoms with Crippen LogP contribution in [0.2, 0.25) is 0 Å². The number of aromatic nitrogens is 2. The monoisotopic (exact) mass is 571 g/mol. The Kier molecular flexibility index (Phi) is 8.41. The molecule has 216 valence electrons. The van der Waals surface area contributed by atoms with Crippen LogP contribution in [0, 0.1) is 0 Å². The van der Waals surface area contributed by atoms with Crippen LogP contribution in [0.1, 0.15) is 22.9 Å². The molecule has 0 bridgehead atoms. The number of azide groups is 1. The van der Waals surface area contributed by atoms with Gasteiger partial charge in [-0.1, -0.05) is 59.7 Å². The van der Waals surface area contributed by atoms with Crippen molar-refractivity contribution in [1.82, 2.24) is 9.55 Å². The van der Waals surface area contributed by atoms with Crippen LogP contribution in [0.5, 0.6) is 11.5 Å². The number of nitrogens with zero attached hydrogens (tertiary/aromatic N) is 4. The molecular formula is C30H29N5O7. The molecule has 4 atom stereocenters. The maximum Gasteiger partial charge on any atom is 0.330 e. The second-order valence-corrected chi connectivity index (χ2v) is 9.58. The molecule has 12 heteroatoms. The maximum absolute atomic E-state index is 12.5. The first-order valence-corrected chi connectivity index (χ1v) is 13.1. The van der Waals surface area contributed by atoms with Gasteiger partial charge in [0, 0.05) is 17.2 Å². The number of aromatic amines is 1. The average Bonchev–Trinajstić information content (AvgIpc) is 3.33. The lowest BCUT2D eigenvalue weighted by atomic mass is 9.80. The SMILES string of the molecule is COc1ccc(C(OC[C@H]2O[C@@H](n3ccc(=O)[nH]c3=O)[C@H](O)[C@@H]2N=[N+]=[N-])(c2ccccc2)c2ccc(OC)cc2)cc1. The molecule has 0 saturated carbocycles. The highest BCUT2D eigenvalue weighted by atomic mass is 16.6. The van der Waals surface area contributed by atoms with Gasteiger partial charge in [-0.3, -0.25) is 14.3 Å². The molecule has 2 N–H and O–H groups in total. The molecule has 0 aliphatic carbocycles. The smallest absolute Gasteiger partial charge is 0.330 e. The number of benzene rings is 3. The van der Waals surface area contributed by atoms with Crippen molar-refractivity contribution in [2.75, 3.05) is 20.8 Å². The molecule has 1 aliphatic rings. The first-order chi connectivity index (χ1) is 20.4. The number of rotatable bonds is 10.